The highest BCUT2D eigenvalue weighted by Gasteiger charge is 2.23. The third-order valence-corrected chi connectivity index (χ3v) is 3.61. The zero-order chi connectivity index (χ0) is 14.2. The summed E-state index contributed by atoms with van der Waals surface area (Å²) in [6, 6.07) is 9.72. The van der Waals surface area contributed by atoms with E-state index >= 15 is 0 Å². The molecule has 0 radical (unpaired) electrons. The molecule has 20 heavy (non-hydrogen) atoms. The first-order valence-electron chi connectivity index (χ1n) is 7.44. The third kappa shape index (κ3) is 4.85. The Bertz CT molecular complexity index is 408. The minimum Gasteiger partial charge on any atom is -0.494 e. The van der Waals surface area contributed by atoms with Crippen LogP contribution in [0.2, 0.25) is 0 Å². The number of para-hydroxylation sites is 1. The molecule has 0 bridgehead atoms. The average Bonchev–Trinajstić information content (AvgIpc) is 2.48. The molecule has 110 valence electrons. The summed E-state index contributed by atoms with van der Waals surface area (Å²) in [5, 5.41) is 6.25. The highest BCUT2D eigenvalue weighted by molar-refractivity contribution is 5.81. The molecular formula is C16H24N2O2. The van der Waals surface area contributed by atoms with Gasteiger partial charge in [0.1, 0.15) is 5.75 Å². The van der Waals surface area contributed by atoms with Gasteiger partial charge in [0, 0.05) is 6.54 Å². The Balaban J connectivity index is 1.57. The number of nitrogens with one attached hydrogen (secondary N) is 2. The predicted molar refractivity (Wildman–Crippen MR) is 79.8 cm³/mol. The van der Waals surface area contributed by atoms with E-state index in [9.17, 15) is 4.79 Å². The first-order valence-corrected chi connectivity index (χ1v) is 7.44. The van der Waals surface area contributed by atoms with Crippen LogP contribution in [0.5, 0.6) is 5.75 Å². The first-order chi connectivity index (χ1) is 9.75. The van der Waals surface area contributed by atoms with Gasteiger partial charge >= 0.3 is 0 Å². The van der Waals surface area contributed by atoms with Crippen molar-refractivity contribution in [3.05, 3.63) is 30.3 Å². The monoisotopic (exact) mass is 276 g/mol. The molecule has 1 heterocycles. The van der Waals surface area contributed by atoms with Crippen LogP contribution < -0.4 is 15.4 Å². The molecule has 1 fully saturated rings. The van der Waals surface area contributed by atoms with Crippen molar-refractivity contribution >= 4 is 5.91 Å². The highest BCUT2D eigenvalue weighted by Crippen LogP contribution is 2.14. The van der Waals surface area contributed by atoms with E-state index in [1.54, 1.807) is 0 Å². The molecule has 4 nitrogen and oxygen atoms in total. The zero-order valence-electron chi connectivity index (χ0n) is 12.1. The topological polar surface area (TPSA) is 50.4 Å². The molecule has 0 saturated carbocycles. The molecule has 0 aromatic heterocycles. The summed E-state index contributed by atoms with van der Waals surface area (Å²) < 4.78 is 5.58. The van der Waals surface area contributed by atoms with Crippen molar-refractivity contribution in [3.8, 4) is 5.75 Å². The average molecular weight is 276 g/mol. The molecule has 2 atom stereocenters. The van der Waals surface area contributed by atoms with E-state index in [2.05, 4.69) is 17.6 Å². The number of benzene rings is 1. The summed E-state index contributed by atoms with van der Waals surface area (Å²) in [6.07, 6.45) is 2.92. The number of piperidine rings is 1. The Labute approximate surface area is 120 Å². The smallest absolute Gasteiger partial charge is 0.237 e. The molecule has 2 N–H and O–H groups in total. The number of hydrogen-bond acceptors (Lipinski definition) is 3. The lowest BCUT2D eigenvalue weighted by Gasteiger charge is -2.27. The Morgan fingerprint density at radius 3 is 2.95 bits per heavy atom. The molecule has 0 spiro atoms. The summed E-state index contributed by atoms with van der Waals surface area (Å²) in [6.45, 7) is 4.43. The maximum atomic E-state index is 12.0. The van der Waals surface area contributed by atoms with Crippen molar-refractivity contribution in [2.75, 3.05) is 19.7 Å². The zero-order valence-corrected chi connectivity index (χ0v) is 12.1. The van der Waals surface area contributed by atoms with Gasteiger partial charge in [-0.1, -0.05) is 25.1 Å². The summed E-state index contributed by atoms with van der Waals surface area (Å²) >= 11 is 0. The van der Waals surface area contributed by atoms with E-state index in [0.29, 0.717) is 19.1 Å². The number of carbonyl (C=O) groups excluding carboxylic acids is 1. The second kappa shape index (κ2) is 7.90. The van der Waals surface area contributed by atoms with Crippen molar-refractivity contribution in [2.45, 2.75) is 32.2 Å². The largest absolute Gasteiger partial charge is 0.494 e. The van der Waals surface area contributed by atoms with Gasteiger partial charge in [0.25, 0.3) is 0 Å². The van der Waals surface area contributed by atoms with E-state index in [0.717, 1.165) is 31.6 Å². The number of carbonyl (C=O) groups is 1. The number of hydrogen-bond donors (Lipinski definition) is 2. The molecule has 1 aliphatic heterocycles. The lowest BCUT2D eigenvalue weighted by molar-refractivity contribution is -0.124. The minimum atomic E-state index is -0.0196. The minimum absolute atomic E-state index is 0.0196. The van der Waals surface area contributed by atoms with E-state index in [1.165, 1.54) is 0 Å². The fourth-order valence-electron chi connectivity index (χ4n) is 2.42. The molecule has 1 aromatic carbocycles. The van der Waals surface area contributed by atoms with E-state index < -0.39 is 0 Å². The van der Waals surface area contributed by atoms with Crippen molar-refractivity contribution in [1.29, 1.82) is 0 Å². The van der Waals surface area contributed by atoms with Gasteiger partial charge in [-0.2, -0.15) is 0 Å². The lowest BCUT2D eigenvalue weighted by Crippen LogP contribution is -2.48. The maximum Gasteiger partial charge on any atom is 0.237 e. The second-order valence-corrected chi connectivity index (χ2v) is 5.44. The van der Waals surface area contributed by atoms with Crippen LogP contribution in [-0.4, -0.2) is 31.6 Å². The predicted octanol–water partition coefficient (Wildman–Crippen LogP) is 1.96. The van der Waals surface area contributed by atoms with E-state index in [-0.39, 0.29) is 11.9 Å². The Morgan fingerprint density at radius 2 is 2.20 bits per heavy atom. The van der Waals surface area contributed by atoms with Gasteiger partial charge in [-0.3, -0.25) is 4.79 Å². The number of ether oxygens (including phenoxy) is 1. The quantitative estimate of drug-likeness (QED) is 0.781. The van der Waals surface area contributed by atoms with E-state index in [1.807, 2.05) is 30.3 Å². The molecule has 1 saturated heterocycles. The van der Waals surface area contributed by atoms with Crippen molar-refractivity contribution in [1.82, 2.24) is 10.6 Å². The SMILES string of the molecule is CC1CCNC(C(=O)NCCCOc2ccccc2)C1. The molecule has 2 unspecified atom stereocenters. The maximum absolute atomic E-state index is 12.0. The van der Waals surface area contributed by atoms with Crippen LogP contribution in [-0.2, 0) is 4.79 Å². The van der Waals surface area contributed by atoms with Crippen LogP contribution in [0.1, 0.15) is 26.2 Å². The summed E-state index contributed by atoms with van der Waals surface area (Å²) in [5.41, 5.74) is 0. The fraction of sp³-hybridized carbons (Fsp3) is 0.562. The molecule has 0 aliphatic carbocycles. The first kappa shape index (κ1) is 14.9. The third-order valence-electron chi connectivity index (χ3n) is 3.61. The van der Waals surface area contributed by atoms with Crippen LogP contribution in [0.25, 0.3) is 0 Å². The van der Waals surface area contributed by atoms with Gasteiger partial charge < -0.3 is 15.4 Å². The Morgan fingerprint density at radius 1 is 1.40 bits per heavy atom. The molecule has 2 rings (SSSR count). The van der Waals surface area contributed by atoms with Crippen LogP contribution in [0.15, 0.2) is 30.3 Å². The standard InChI is InChI=1S/C16H24N2O2/c1-13-8-10-17-15(12-13)16(19)18-9-5-11-20-14-6-3-2-4-7-14/h2-4,6-7,13,15,17H,5,8-12H2,1H3,(H,18,19). The fourth-order valence-corrected chi connectivity index (χ4v) is 2.42. The molecule has 1 amide bonds. The van der Waals surface area contributed by atoms with Crippen LogP contribution in [0, 0.1) is 5.92 Å². The summed E-state index contributed by atoms with van der Waals surface area (Å²) in [5.74, 6) is 1.63. The number of amides is 1. The van der Waals surface area contributed by atoms with Gasteiger partial charge in [-0.15, -0.1) is 0 Å². The Hall–Kier alpha value is -1.55. The highest BCUT2D eigenvalue weighted by atomic mass is 16.5. The number of rotatable bonds is 6. The van der Waals surface area contributed by atoms with Crippen molar-refractivity contribution in [3.63, 3.8) is 0 Å². The summed E-state index contributed by atoms with van der Waals surface area (Å²) in [7, 11) is 0. The van der Waals surface area contributed by atoms with Gasteiger partial charge in [0.15, 0.2) is 0 Å². The van der Waals surface area contributed by atoms with Gasteiger partial charge in [-0.25, -0.2) is 0 Å². The van der Waals surface area contributed by atoms with E-state index in [4.69, 9.17) is 4.74 Å². The molecule has 1 aromatic rings. The van der Waals surface area contributed by atoms with Crippen molar-refractivity contribution in [2.24, 2.45) is 5.92 Å². The molecular weight excluding hydrogens is 252 g/mol. The van der Waals surface area contributed by atoms with Crippen LogP contribution >= 0.6 is 0 Å². The van der Waals surface area contributed by atoms with Gasteiger partial charge in [0.05, 0.1) is 12.6 Å². The molecule has 1 aliphatic rings. The van der Waals surface area contributed by atoms with Crippen molar-refractivity contribution < 1.29 is 9.53 Å². The van der Waals surface area contributed by atoms with Gasteiger partial charge in [-0.05, 0) is 43.9 Å². The summed E-state index contributed by atoms with van der Waals surface area (Å²) in [4.78, 5) is 12.0. The normalized spacial score (nSPS) is 22.2. The van der Waals surface area contributed by atoms with Gasteiger partial charge in [0.2, 0.25) is 5.91 Å². The van der Waals surface area contributed by atoms with Crippen LogP contribution in [0.4, 0.5) is 0 Å². The Kier molecular flexibility index (Phi) is 5.87. The molecule has 4 heteroatoms. The lowest BCUT2D eigenvalue weighted by atomic mass is 9.94. The second-order valence-electron chi connectivity index (χ2n) is 5.44. The van der Waals surface area contributed by atoms with Crippen LogP contribution in [0.3, 0.4) is 0 Å².